The summed E-state index contributed by atoms with van der Waals surface area (Å²) in [6, 6.07) is 10.7. The van der Waals surface area contributed by atoms with Gasteiger partial charge in [-0.25, -0.2) is 9.79 Å². The number of thiophene rings is 1. The Labute approximate surface area is 174 Å². The maximum absolute atomic E-state index is 13.3. The summed E-state index contributed by atoms with van der Waals surface area (Å²) < 4.78 is 12.3. The molecule has 29 heavy (non-hydrogen) atoms. The molecule has 1 aliphatic heterocycles. The average molecular weight is 427 g/mol. The lowest BCUT2D eigenvalue weighted by molar-refractivity contribution is -0.136. The molecule has 0 fully saturated rings. The lowest BCUT2D eigenvalue weighted by Gasteiger charge is -2.22. The van der Waals surface area contributed by atoms with Gasteiger partial charge in [-0.3, -0.25) is 9.36 Å². The van der Waals surface area contributed by atoms with Crippen LogP contribution >= 0.6 is 22.7 Å². The van der Waals surface area contributed by atoms with E-state index in [1.54, 1.807) is 18.6 Å². The van der Waals surface area contributed by atoms with Gasteiger partial charge in [0.25, 0.3) is 5.56 Å². The molecule has 0 spiro atoms. The highest BCUT2D eigenvalue weighted by molar-refractivity contribution is 7.10. The van der Waals surface area contributed by atoms with E-state index in [1.807, 2.05) is 47.9 Å². The number of ether oxygens (including phenoxy) is 2. The number of nitrogens with zero attached hydrogens (tertiary/aromatic N) is 2. The fraction of sp³-hybridized carbons (Fsp3) is 0.190. The highest BCUT2D eigenvalue weighted by atomic mass is 32.1. The molecule has 1 atom stereocenters. The summed E-state index contributed by atoms with van der Waals surface area (Å²) in [7, 11) is 2.95. The normalized spacial score (nSPS) is 16.4. The zero-order chi connectivity index (χ0) is 20.5. The van der Waals surface area contributed by atoms with E-state index in [0.717, 1.165) is 16.2 Å². The van der Waals surface area contributed by atoms with Crippen LogP contribution in [0.2, 0.25) is 0 Å². The summed E-state index contributed by atoms with van der Waals surface area (Å²) in [5.74, 6) is 0.272. The first-order valence-electron chi connectivity index (χ1n) is 8.82. The smallest absolute Gasteiger partial charge is 0.338 e. The number of allylic oxidation sites excluding steroid dienone is 1. The molecule has 148 valence electrons. The van der Waals surface area contributed by atoms with Gasteiger partial charge in [0.1, 0.15) is 11.8 Å². The number of benzene rings is 1. The van der Waals surface area contributed by atoms with E-state index in [-0.39, 0.29) is 5.56 Å². The molecule has 0 radical (unpaired) electrons. The maximum atomic E-state index is 13.3. The third-order valence-electron chi connectivity index (χ3n) is 4.65. The molecule has 2 aromatic heterocycles. The molecule has 0 aliphatic carbocycles. The molecule has 8 heteroatoms. The number of esters is 1. The number of thiazole rings is 1. The number of rotatable bonds is 4. The summed E-state index contributed by atoms with van der Waals surface area (Å²) in [6.07, 6.45) is 1.83. The highest BCUT2D eigenvalue weighted by Gasteiger charge is 2.33. The van der Waals surface area contributed by atoms with E-state index in [0.29, 0.717) is 20.6 Å². The zero-order valence-electron chi connectivity index (χ0n) is 16.0. The van der Waals surface area contributed by atoms with Crippen molar-refractivity contribution in [1.29, 1.82) is 0 Å². The van der Waals surface area contributed by atoms with Crippen LogP contribution in [0.1, 0.15) is 23.4 Å². The predicted molar refractivity (Wildman–Crippen MR) is 113 cm³/mol. The summed E-state index contributed by atoms with van der Waals surface area (Å²) in [4.78, 5) is 31.8. The molecule has 0 saturated carbocycles. The lowest BCUT2D eigenvalue weighted by atomic mass is 10.0. The van der Waals surface area contributed by atoms with Crippen molar-refractivity contribution >= 4 is 34.7 Å². The van der Waals surface area contributed by atoms with Crippen molar-refractivity contribution in [2.24, 2.45) is 4.99 Å². The van der Waals surface area contributed by atoms with Crippen molar-refractivity contribution in [3.63, 3.8) is 0 Å². The SMILES string of the molecule is COC(=O)C1=C(C)N=c2sc(=Cc3ccc(OC)cc3)c(=O)n2[C@@H]1c1cccs1. The van der Waals surface area contributed by atoms with Crippen LogP contribution in [0.25, 0.3) is 6.08 Å². The largest absolute Gasteiger partial charge is 0.497 e. The van der Waals surface area contributed by atoms with E-state index in [1.165, 1.54) is 29.8 Å². The summed E-state index contributed by atoms with van der Waals surface area (Å²) >= 11 is 2.80. The molecule has 0 bridgehead atoms. The van der Waals surface area contributed by atoms with Gasteiger partial charge in [0.05, 0.1) is 30.0 Å². The molecule has 3 aromatic rings. The Balaban J connectivity index is 1.92. The Hall–Kier alpha value is -2.97. The van der Waals surface area contributed by atoms with Crippen molar-refractivity contribution < 1.29 is 14.3 Å². The zero-order valence-corrected chi connectivity index (χ0v) is 17.7. The van der Waals surface area contributed by atoms with Crippen LogP contribution < -0.4 is 19.6 Å². The van der Waals surface area contributed by atoms with Crippen LogP contribution in [0.15, 0.2) is 62.8 Å². The summed E-state index contributed by atoms with van der Waals surface area (Å²) in [6.45, 7) is 1.77. The molecule has 6 nitrogen and oxygen atoms in total. The molecule has 0 unspecified atom stereocenters. The number of methoxy groups -OCH3 is 2. The van der Waals surface area contributed by atoms with Gasteiger partial charge >= 0.3 is 5.97 Å². The number of carbonyl (C=O) groups excluding carboxylic acids is 1. The van der Waals surface area contributed by atoms with Gasteiger partial charge in [-0.05, 0) is 42.1 Å². The Morgan fingerprint density at radius 1 is 1.21 bits per heavy atom. The van der Waals surface area contributed by atoms with Gasteiger partial charge in [0.15, 0.2) is 4.80 Å². The van der Waals surface area contributed by atoms with Gasteiger partial charge in [0.2, 0.25) is 0 Å². The fourth-order valence-corrected chi connectivity index (χ4v) is 5.13. The molecule has 0 amide bonds. The monoisotopic (exact) mass is 426 g/mol. The van der Waals surface area contributed by atoms with Crippen molar-refractivity contribution in [1.82, 2.24) is 4.57 Å². The number of fused-ring (bicyclic) bond motifs is 1. The quantitative estimate of drug-likeness (QED) is 0.601. The third kappa shape index (κ3) is 3.45. The highest BCUT2D eigenvalue weighted by Crippen LogP contribution is 2.32. The first kappa shape index (κ1) is 19.4. The number of hydrogen-bond donors (Lipinski definition) is 0. The van der Waals surface area contributed by atoms with Gasteiger partial charge < -0.3 is 9.47 Å². The van der Waals surface area contributed by atoms with E-state index in [4.69, 9.17) is 9.47 Å². The molecule has 0 N–H and O–H groups in total. The van der Waals surface area contributed by atoms with Crippen molar-refractivity contribution in [2.45, 2.75) is 13.0 Å². The van der Waals surface area contributed by atoms with Crippen LogP contribution in [-0.2, 0) is 9.53 Å². The Morgan fingerprint density at radius 2 is 1.97 bits per heavy atom. The maximum Gasteiger partial charge on any atom is 0.338 e. The van der Waals surface area contributed by atoms with Crippen LogP contribution in [0.3, 0.4) is 0 Å². The fourth-order valence-electron chi connectivity index (χ4n) is 3.26. The second-order valence-electron chi connectivity index (χ2n) is 6.36. The van der Waals surface area contributed by atoms with Crippen LogP contribution in [0.4, 0.5) is 0 Å². The first-order valence-corrected chi connectivity index (χ1v) is 10.5. The van der Waals surface area contributed by atoms with E-state index in [9.17, 15) is 9.59 Å². The molecule has 0 saturated heterocycles. The minimum absolute atomic E-state index is 0.183. The van der Waals surface area contributed by atoms with Gasteiger partial charge in [-0.15, -0.1) is 11.3 Å². The Bertz CT molecular complexity index is 1270. The molecule has 1 aromatic carbocycles. The molecule has 3 heterocycles. The second-order valence-corrected chi connectivity index (χ2v) is 8.35. The summed E-state index contributed by atoms with van der Waals surface area (Å²) in [5, 5.41) is 1.92. The van der Waals surface area contributed by atoms with Gasteiger partial charge in [-0.1, -0.05) is 29.5 Å². The van der Waals surface area contributed by atoms with Crippen LogP contribution in [-0.4, -0.2) is 24.8 Å². The minimum Gasteiger partial charge on any atom is -0.497 e. The molecule has 4 rings (SSSR count). The Kier molecular flexibility index (Phi) is 5.21. The van der Waals surface area contributed by atoms with Crippen LogP contribution in [0, 0.1) is 0 Å². The van der Waals surface area contributed by atoms with Crippen molar-refractivity contribution in [2.75, 3.05) is 14.2 Å². The van der Waals surface area contributed by atoms with E-state index in [2.05, 4.69) is 4.99 Å². The first-order chi connectivity index (χ1) is 14.0. The molecule has 1 aliphatic rings. The third-order valence-corrected chi connectivity index (χ3v) is 6.56. The van der Waals surface area contributed by atoms with Crippen molar-refractivity contribution in [3.8, 4) is 5.75 Å². The topological polar surface area (TPSA) is 69.9 Å². The van der Waals surface area contributed by atoms with Gasteiger partial charge in [-0.2, -0.15) is 0 Å². The van der Waals surface area contributed by atoms with Gasteiger partial charge in [0, 0.05) is 4.88 Å². The summed E-state index contributed by atoms with van der Waals surface area (Å²) in [5.41, 5.74) is 1.65. The predicted octanol–water partition coefficient (Wildman–Crippen LogP) is 2.48. The standard InChI is InChI=1S/C21H18N2O4S2/c1-12-17(20(25)27-3)18(15-5-4-10-28-15)23-19(24)16(29-21(23)22-12)11-13-6-8-14(26-2)9-7-13/h4-11,18H,1-3H3/t18-/m1/s1. The van der Waals surface area contributed by atoms with E-state index < -0.39 is 12.0 Å². The van der Waals surface area contributed by atoms with Crippen molar-refractivity contribution in [3.05, 3.63) is 83.2 Å². The second kappa shape index (κ2) is 7.81. The molecular weight excluding hydrogens is 408 g/mol. The number of hydrogen-bond acceptors (Lipinski definition) is 7. The van der Waals surface area contributed by atoms with Crippen LogP contribution in [0.5, 0.6) is 5.75 Å². The Morgan fingerprint density at radius 3 is 2.59 bits per heavy atom. The number of aromatic nitrogens is 1. The van der Waals surface area contributed by atoms with E-state index >= 15 is 0 Å². The molecular formula is C21H18N2O4S2. The lowest BCUT2D eigenvalue weighted by Crippen LogP contribution is -2.39. The average Bonchev–Trinajstić information content (AvgIpc) is 3.36. The minimum atomic E-state index is -0.545. The number of carbonyl (C=O) groups is 1.